The molecule has 1 aromatic rings. The zero-order chi connectivity index (χ0) is 13.5. The maximum Gasteiger partial charge on any atom is 0.451 e. The van der Waals surface area contributed by atoms with Gasteiger partial charge in [0.15, 0.2) is 0 Å². The minimum absolute atomic E-state index is 0.224. The van der Waals surface area contributed by atoms with Crippen LogP contribution in [0.5, 0.6) is 0 Å². The Hall–Kier alpha value is -1.37. The summed E-state index contributed by atoms with van der Waals surface area (Å²) in [5.41, 5.74) is 0. The molecule has 0 spiro atoms. The first-order valence-corrected chi connectivity index (χ1v) is 6.40. The summed E-state index contributed by atoms with van der Waals surface area (Å²) in [6.45, 7) is 1.62. The molecule has 1 aliphatic carbocycles. The Labute approximate surface area is 108 Å². The zero-order valence-electron chi connectivity index (χ0n) is 10.2. The molecule has 7 heteroatoms. The van der Waals surface area contributed by atoms with Gasteiger partial charge in [-0.05, 0) is 37.3 Å². The molecule has 0 aromatic carbocycles. The molecular formula is C12H15F3N4. The van der Waals surface area contributed by atoms with Crippen LogP contribution in [0, 0.1) is 11.8 Å². The van der Waals surface area contributed by atoms with E-state index >= 15 is 0 Å². The molecule has 104 valence electrons. The monoisotopic (exact) mass is 272 g/mol. The van der Waals surface area contributed by atoms with Crippen LogP contribution in [-0.2, 0) is 6.18 Å². The number of halogens is 3. The van der Waals surface area contributed by atoms with Gasteiger partial charge in [0.05, 0.1) is 0 Å². The molecule has 19 heavy (non-hydrogen) atoms. The van der Waals surface area contributed by atoms with Crippen LogP contribution >= 0.6 is 0 Å². The van der Waals surface area contributed by atoms with Crippen molar-refractivity contribution >= 4 is 5.82 Å². The van der Waals surface area contributed by atoms with Crippen LogP contribution in [0.2, 0.25) is 0 Å². The summed E-state index contributed by atoms with van der Waals surface area (Å²) in [6, 6.07) is 1.77. The third-order valence-corrected chi connectivity index (χ3v) is 3.76. The smallest absolute Gasteiger partial charge is 0.368 e. The van der Waals surface area contributed by atoms with E-state index in [1.54, 1.807) is 0 Å². The summed E-state index contributed by atoms with van der Waals surface area (Å²) in [5, 5.41) is 6.35. The number of hydrogen-bond donors (Lipinski definition) is 2. The van der Waals surface area contributed by atoms with Gasteiger partial charge in [0.1, 0.15) is 5.82 Å². The Morgan fingerprint density at radius 1 is 1.32 bits per heavy atom. The largest absolute Gasteiger partial charge is 0.451 e. The first kappa shape index (κ1) is 12.7. The second kappa shape index (κ2) is 4.63. The number of rotatable bonds is 3. The highest BCUT2D eigenvalue weighted by atomic mass is 19.4. The number of fused-ring (bicyclic) bond motifs is 1. The number of piperidine rings is 1. The van der Waals surface area contributed by atoms with Crippen LogP contribution in [0.3, 0.4) is 0 Å². The molecule has 3 unspecified atom stereocenters. The predicted octanol–water partition coefficient (Wildman–Crippen LogP) is 1.91. The van der Waals surface area contributed by atoms with Crippen LogP contribution in [0.1, 0.15) is 18.7 Å². The molecule has 1 saturated heterocycles. The summed E-state index contributed by atoms with van der Waals surface area (Å²) >= 11 is 0. The van der Waals surface area contributed by atoms with Crippen molar-refractivity contribution in [3.05, 3.63) is 18.1 Å². The van der Waals surface area contributed by atoms with E-state index in [4.69, 9.17) is 0 Å². The van der Waals surface area contributed by atoms with Crippen LogP contribution in [0.4, 0.5) is 19.0 Å². The number of aromatic nitrogens is 2. The highest BCUT2D eigenvalue weighted by molar-refractivity contribution is 5.33. The fourth-order valence-corrected chi connectivity index (χ4v) is 2.59. The molecule has 2 fully saturated rings. The van der Waals surface area contributed by atoms with Crippen molar-refractivity contribution < 1.29 is 13.2 Å². The Kier molecular flexibility index (Phi) is 3.08. The first-order valence-electron chi connectivity index (χ1n) is 6.40. The third kappa shape index (κ3) is 2.97. The topological polar surface area (TPSA) is 49.8 Å². The fraction of sp³-hybridized carbons (Fsp3) is 0.667. The minimum atomic E-state index is -4.50. The van der Waals surface area contributed by atoms with Crippen LogP contribution < -0.4 is 10.6 Å². The molecule has 1 saturated carbocycles. The highest BCUT2D eigenvalue weighted by Crippen LogP contribution is 2.43. The highest BCUT2D eigenvalue weighted by Gasteiger charge is 2.41. The van der Waals surface area contributed by atoms with Crippen LogP contribution in [-0.4, -0.2) is 29.1 Å². The second-order valence-electron chi connectivity index (χ2n) is 5.24. The molecule has 0 amide bonds. The molecule has 4 nitrogen and oxygen atoms in total. The van der Waals surface area contributed by atoms with E-state index in [9.17, 15) is 13.2 Å². The summed E-state index contributed by atoms with van der Waals surface area (Å²) in [5.74, 6) is 0.759. The van der Waals surface area contributed by atoms with Gasteiger partial charge < -0.3 is 10.6 Å². The summed E-state index contributed by atoms with van der Waals surface area (Å²) in [7, 11) is 0. The van der Waals surface area contributed by atoms with E-state index < -0.39 is 12.0 Å². The lowest BCUT2D eigenvalue weighted by atomic mass is 10.1. The predicted molar refractivity (Wildman–Crippen MR) is 63.5 cm³/mol. The second-order valence-corrected chi connectivity index (χ2v) is 5.24. The van der Waals surface area contributed by atoms with Gasteiger partial charge >= 0.3 is 6.18 Å². The molecule has 2 heterocycles. The SMILES string of the molecule is FC(F)(F)c1nccc(NCC2CC3CC3CN2)n1. The lowest BCUT2D eigenvalue weighted by Gasteiger charge is -2.23. The Morgan fingerprint density at radius 2 is 2.16 bits per heavy atom. The number of alkyl halides is 3. The molecular weight excluding hydrogens is 257 g/mol. The first-order chi connectivity index (χ1) is 9.02. The molecule has 1 aromatic heterocycles. The van der Waals surface area contributed by atoms with Crippen molar-refractivity contribution in [1.29, 1.82) is 0 Å². The van der Waals surface area contributed by atoms with E-state index in [0.717, 1.165) is 31.0 Å². The average molecular weight is 272 g/mol. The Bertz CT molecular complexity index is 463. The number of nitrogens with zero attached hydrogens (tertiary/aromatic N) is 2. The molecule has 1 aliphatic heterocycles. The molecule has 0 bridgehead atoms. The van der Waals surface area contributed by atoms with Gasteiger partial charge in [0, 0.05) is 18.8 Å². The normalized spacial score (nSPS) is 29.7. The van der Waals surface area contributed by atoms with E-state index in [0.29, 0.717) is 12.6 Å². The minimum Gasteiger partial charge on any atom is -0.368 e. The maximum absolute atomic E-state index is 12.5. The van der Waals surface area contributed by atoms with Crippen LogP contribution in [0.25, 0.3) is 0 Å². The van der Waals surface area contributed by atoms with E-state index in [1.165, 1.54) is 12.5 Å². The van der Waals surface area contributed by atoms with Crippen molar-refractivity contribution in [1.82, 2.24) is 15.3 Å². The van der Waals surface area contributed by atoms with Gasteiger partial charge in [-0.15, -0.1) is 0 Å². The van der Waals surface area contributed by atoms with Crippen molar-refractivity contribution in [2.45, 2.75) is 25.1 Å². The molecule has 3 rings (SSSR count). The molecule has 0 radical (unpaired) electrons. The number of hydrogen-bond acceptors (Lipinski definition) is 4. The fourth-order valence-electron chi connectivity index (χ4n) is 2.59. The quantitative estimate of drug-likeness (QED) is 0.882. The van der Waals surface area contributed by atoms with Gasteiger partial charge in [0.25, 0.3) is 0 Å². The van der Waals surface area contributed by atoms with E-state index in [-0.39, 0.29) is 5.82 Å². The van der Waals surface area contributed by atoms with E-state index in [1.807, 2.05) is 0 Å². The Balaban J connectivity index is 1.57. The summed E-state index contributed by atoms with van der Waals surface area (Å²) in [4.78, 5) is 6.72. The summed E-state index contributed by atoms with van der Waals surface area (Å²) < 4.78 is 37.4. The van der Waals surface area contributed by atoms with Crippen LogP contribution in [0.15, 0.2) is 12.3 Å². The maximum atomic E-state index is 12.5. The number of nitrogens with one attached hydrogen (secondary N) is 2. The Morgan fingerprint density at radius 3 is 2.89 bits per heavy atom. The molecule has 3 atom stereocenters. The standard InChI is InChI=1S/C12H15F3N4/c13-12(14,15)11-16-2-1-10(19-11)18-6-9-4-7-3-8(7)5-17-9/h1-2,7-9,17H,3-6H2,(H,16,18,19). The van der Waals surface area contributed by atoms with Gasteiger partial charge in [-0.25, -0.2) is 9.97 Å². The lowest BCUT2D eigenvalue weighted by Crippen LogP contribution is -2.40. The zero-order valence-corrected chi connectivity index (χ0v) is 10.2. The van der Waals surface area contributed by atoms with Crippen molar-refractivity contribution in [3.63, 3.8) is 0 Å². The molecule has 2 aliphatic rings. The molecule has 2 N–H and O–H groups in total. The third-order valence-electron chi connectivity index (χ3n) is 3.76. The lowest BCUT2D eigenvalue weighted by molar-refractivity contribution is -0.144. The van der Waals surface area contributed by atoms with Gasteiger partial charge in [-0.2, -0.15) is 13.2 Å². The number of anilines is 1. The van der Waals surface area contributed by atoms with Crippen molar-refractivity contribution in [2.24, 2.45) is 11.8 Å². The van der Waals surface area contributed by atoms with Gasteiger partial charge in [-0.1, -0.05) is 0 Å². The van der Waals surface area contributed by atoms with Crippen molar-refractivity contribution in [3.8, 4) is 0 Å². The van der Waals surface area contributed by atoms with Crippen molar-refractivity contribution in [2.75, 3.05) is 18.4 Å². The summed E-state index contributed by atoms with van der Waals surface area (Å²) in [6.07, 6.45) is -0.991. The van der Waals surface area contributed by atoms with E-state index in [2.05, 4.69) is 20.6 Å². The van der Waals surface area contributed by atoms with Gasteiger partial charge in [0.2, 0.25) is 5.82 Å². The van der Waals surface area contributed by atoms with Gasteiger partial charge in [-0.3, -0.25) is 0 Å². The average Bonchev–Trinajstić information content (AvgIpc) is 3.14.